The number of hydrogen-bond acceptors (Lipinski definition) is 3. The third-order valence-corrected chi connectivity index (χ3v) is 5.04. The standard InChI is InChI=1S/C14H15Cl2NO3S/c1-21-12-5-9(10(15)6-11(12)16)13(18)17-4-2-3-8(7-17)14(19)20/h5-6,8H,2-4,7H2,1H3,(H,19,20). The van der Waals surface area contributed by atoms with E-state index < -0.39 is 11.9 Å². The summed E-state index contributed by atoms with van der Waals surface area (Å²) in [6.07, 6.45) is 3.15. The summed E-state index contributed by atoms with van der Waals surface area (Å²) < 4.78 is 0. The largest absolute Gasteiger partial charge is 0.481 e. The van der Waals surface area contributed by atoms with E-state index in [2.05, 4.69) is 0 Å². The Morgan fingerprint density at radius 1 is 1.33 bits per heavy atom. The van der Waals surface area contributed by atoms with Crippen LogP contribution in [0.2, 0.25) is 10.0 Å². The van der Waals surface area contributed by atoms with Gasteiger partial charge in [-0.25, -0.2) is 0 Å². The number of carboxylic acid groups (broad SMARTS) is 1. The van der Waals surface area contributed by atoms with E-state index in [1.165, 1.54) is 11.8 Å². The van der Waals surface area contributed by atoms with E-state index in [4.69, 9.17) is 28.3 Å². The lowest BCUT2D eigenvalue weighted by atomic mass is 9.97. The van der Waals surface area contributed by atoms with Gasteiger partial charge in [-0.05, 0) is 31.2 Å². The number of carboxylic acids is 1. The molecule has 1 amide bonds. The zero-order valence-corrected chi connectivity index (χ0v) is 13.8. The van der Waals surface area contributed by atoms with Crippen LogP contribution >= 0.6 is 35.0 Å². The lowest BCUT2D eigenvalue weighted by Crippen LogP contribution is -2.42. The highest BCUT2D eigenvalue weighted by atomic mass is 35.5. The summed E-state index contributed by atoms with van der Waals surface area (Å²) in [6, 6.07) is 3.23. The molecule has 1 N–H and O–H groups in total. The minimum Gasteiger partial charge on any atom is -0.481 e. The SMILES string of the molecule is CSc1cc(C(=O)N2CCCC(C(=O)O)C2)c(Cl)cc1Cl. The van der Waals surface area contributed by atoms with Crippen molar-refractivity contribution >= 4 is 46.8 Å². The summed E-state index contributed by atoms with van der Waals surface area (Å²) in [5.41, 5.74) is 0.372. The van der Waals surface area contributed by atoms with E-state index in [0.29, 0.717) is 35.0 Å². The molecule has 0 aliphatic carbocycles. The third-order valence-electron chi connectivity index (χ3n) is 3.53. The number of rotatable bonds is 3. The van der Waals surface area contributed by atoms with Gasteiger partial charge in [0, 0.05) is 18.0 Å². The predicted molar refractivity (Wildman–Crippen MR) is 84.5 cm³/mol. The number of amides is 1. The lowest BCUT2D eigenvalue weighted by molar-refractivity contribution is -0.143. The fourth-order valence-corrected chi connectivity index (χ4v) is 3.57. The van der Waals surface area contributed by atoms with Crippen LogP contribution in [0.25, 0.3) is 0 Å². The summed E-state index contributed by atoms with van der Waals surface area (Å²) in [4.78, 5) is 26.0. The Morgan fingerprint density at radius 2 is 2.05 bits per heavy atom. The second-order valence-electron chi connectivity index (χ2n) is 4.90. The summed E-state index contributed by atoms with van der Waals surface area (Å²) >= 11 is 13.6. The molecule has 0 saturated carbocycles. The first-order valence-corrected chi connectivity index (χ1v) is 8.47. The fraction of sp³-hybridized carbons (Fsp3) is 0.429. The molecule has 1 aromatic carbocycles. The van der Waals surface area contributed by atoms with Gasteiger partial charge >= 0.3 is 5.97 Å². The van der Waals surface area contributed by atoms with Crippen LogP contribution in [0.4, 0.5) is 0 Å². The van der Waals surface area contributed by atoms with E-state index >= 15 is 0 Å². The Hall–Kier alpha value is -0.910. The van der Waals surface area contributed by atoms with Gasteiger partial charge in [0.1, 0.15) is 0 Å². The highest BCUT2D eigenvalue weighted by molar-refractivity contribution is 7.98. The molecule has 2 rings (SSSR count). The maximum atomic E-state index is 12.6. The number of halogens is 2. The van der Waals surface area contributed by atoms with Crippen molar-refractivity contribution < 1.29 is 14.7 Å². The molecule has 1 aliphatic heterocycles. The Balaban J connectivity index is 2.25. The maximum absolute atomic E-state index is 12.6. The maximum Gasteiger partial charge on any atom is 0.308 e. The summed E-state index contributed by atoms with van der Waals surface area (Å²) in [5.74, 6) is -1.61. The van der Waals surface area contributed by atoms with Gasteiger partial charge in [0.2, 0.25) is 0 Å². The first-order valence-electron chi connectivity index (χ1n) is 6.49. The molecule has 0 aromatic heterocycles. The molecule has 1 aromatic rings. The predicted octanol–water partition coefficient (Wildman–Crippen LogP) is 3.65. The van der Waals surface area contributed by atoms with Crippen LogP contribution in [0, 0.1) is 5.92 Å². The normalized spacial score (nSPS) is 18.6. The van der Waals surface area contributed by atoms with Crippen molar-refractivity contribution in [1.29, 1.82) is 0 Å². The molecule has 7 heteroatoms. The van der Waals surface area contributed by atoms with E-state index in [9.17, 15) is 9.59 Å². The van der Waals surface area contributed by atoms with Crippen LogP contribution in [0.1, 0.15) is 23.2 Å². The van der Waals surface area contributed by atoms with Gasteiger partial charge in [-0.1, -0.05) is 23.2 Å². The highest BCUT2D eigenvalue weighted by Crippen LogP contribution is 2.32. The molecule has 4 nitrogen and oxygen atoms in total. The Morgan fingerprint density at radius 3 is 2.67 bits per heavy atom. The van der Waals surface area contributed by atoms with Crippen molar-refractivity contribution in [3.05, 3.63) is 27.7 Å². The van der Waals surface area contributed by atoms with Crippen LogP contribution < -0.4 is 0 Å². The van der Waals surface area contributed by atoms with Crippen LogP contribution in [-0.2, 0) is 4.79 Å². The van der Waals surface area contributed by atoms with Gasteiger partial charge in [0.15, 0.2) is 0 Å². The van der Waals surface area contributed by atoms with E-state index in [0.717, 1.165) is 4.90 Å². The van der Waals surface area contributed by atoms with Crippen molar-refractivity contribution in [3.63, 3.8) is 0 Å². The van der Waals surface area contributed by atoms with Crippen molar-refractivity contribution in [3.8, 4) is 0 Å². The molecule has 1 saturated heterocycles. The molecule has 1 aliphatic rings. The summed E-state index contributed by atoms with van der Waals surface area (Å²) in [5, 5.41) is 9.89. The second kappa shape index (κ2) is 6.90. The number of thioether (sulfide) groups is 1. The zero-order chi connectivity index (χ0) is 15.6. The second-order valence-corrected chi connectivity index (χ2v) is 6.56. The smallest absolute Gasteiger partial charge is 0.308 e. The number of carbonyl (C=O) groups is 2. The van der Waals surface area contributed by atoms with Gasteiger partial charge in [0.25, 0.3) is 5.91 Å². The molecule has 0 spiro atoms. The quantitative estimate of drug-likeness (QED) is 0.847. The lowest BCUT2D eigenvalue weighted by Gasteiger charge is -2.31. The van der Waals surface area contributed by atoms with Gasteiger partial charge in [-0.3, -0.25) is 9.59 Å². The van der Waals surface area contributed by atoms with E-state index in [-0.39, 0.29) is 12.5 Å². The Labute approximate surface area is 137 Å². The summed E-state index contributed by atoms with van der Waals surface area (Å²) in [6.45, 7) is 0.776. The fourth-order valence-electron chi connectivity index (χ4n) is 2.38. The first-order chi connectivity index (χ1) is 9.93. The minimum atomic E-state index is -0.862. The van der Waals surface area contributed by atoms with Crippen molar-refractivity contribution in [2.45, 2.75) is 17.7 Å². The highest BCUT2D eigenvalue weighted by Gasteiger charge is 2.29. The van der Waals surface area contributed by atoms with Crippen molar-refractivity contribution in [2.24, 2.45) is 5.92 Å². The Bertz CT molecular complexity index is 580. The van der Waals surface area contributed by atoms with Gasteiger partial charge in [-0.2, -0.15) is 0 Å². The van der Waals surface area contributed by atoms with E-state index in [1.807, 2.05) is 6.26 Å². The minimum absolute atomic E-state index is 0.224. The van der Waals surface area contributed by atoms with Crippen molar-refractivity contribution in [1.82, 2.24) is 4.90 Å². The van der Waals surface area contributed by atoms with Gasteiger partial charge in [-0.15, -0.1) is 11.8 Å². The average molecular weight is 348 g/mol. The molecule has 1 atom stereocenters. The number of carbonyl (C=O) groups excluding carboxylic acids is 1. The zero-order valence-electron chi connectivity index (χ0n) is 11.4. The molecule has 0 radical (unpaired) electrons. The molecular formula is C14H15Cl2NO3S. The average Bonchev–Trinajstić information content (AvgIpc) is 2.47. The number of piperidine rings is 1. The molecule has 1 unspecified atom stereocenters. The van der Waals surface area contributed by atoms with Crippen molar-refractivity contribution in [2.75, 3.05) is 19.3 Å². The molecule has 21 heavy (non-hydrogen) atoms. The number of benzene rings is 1. The molecule has 114 valence electrons. The molecule has 1 heterocycles. The molecule has 0 bridgehead atoms. The molecular weight excluding hydrogens is 333 g/mol. The Kier molecular flexibility index (Phi) is 5.41. The van der Waals surface area contributed by atoms with Crippen LogP contribution in [-0.4, -0.2) is 41.2 Å². The van der Waals surface area contributed by atoms with Crippen LogP contribution in [0.15, 0.2) is 17.0 Å². The number of aliphatic carboxylic acids is 1. The van der Waals surface area contributed by atoms with E-state index in [1.54, 1.807) is 17.0 Å². The number of nitrogens with zero attached hydrogens (tertiary/aromatic N) is 1. The van der Waals surface area contributed by atoms with Gasteiger partial charge < -0.3 is 10.0 Å². The summed E-state index contributed by atoms with van der Waals surface area (Å²) in [7, 11) is 0. The topological polar surface area (TPSA) is 57.6 Å². The first kappa shape index (κ1) is 16.5. The van der Waals surface area contributed by atoms with Crippen LogP contribution in [0.5, 0.6) is 0 Å². The van der Waals surface area contributed by atoms with Gasteiger partial charge in [0.05, 0.1) is 21.5 Å². The number of likely N-dealkylation sites (tertiary alicyclic amines) is 1. The monoisotopic (exact) mass is 347 g/mol. The number of hydrogen-bond donors (Lipinski definition) is 1. The van der Waals surface area contributed by atoms with Crippen LogP contribution in [0.3, 0.4) is 0 Å². The molecule has 1 fully saturated rings. The third kappa shape index (κ3) is 3.65.